The van der Waals surface area contributed by atoms with Crippen molar-refractivity contribution in [2.24, 2.45) is 5.10 Å². The minimum atomic E-state index is -4.45. The summed E-state index contributed by atoms with van der Waals surface area (Å²) in [5.41, 5.74) is 2.26. The second kappa shape index (κ2) is 6.05. The largest absolute Gasteiger partial charge is 0.508 e. The predicted octanol–water partition coefficient (Wildman–Crippen LogP) is 4.51. The molecule has 0 aliphatic carbocycles. The number of hydrogen-bond acceptors (Lipinski definition) is 3. The van der Waals surface area contributed by atoms with E-state index in [1.54, 1.807) is 12.1 Å². The van der Waals surface area contributed by atoms with Crippen LogP contribution in [-0.4, -0.2) is 11.3 Å². The lowest BCUT2D eigenvalue weighted by Crippen LogP contribution is -2.05. The molecule has 21 heavy (non-hydrogen) atoms. The molecule has 110 valence electrons. The third kappa shape index (κ3) is 4.13. The Labute approximate surface area is 123 Å². The van der Waals surface area contributed by atoms with Gasteiger partial charge in [0, 0.05) is 0 Å². The molecule has 0 saturated heterocycles. The number of hydrazone groups is 1. The number of anilines is 1. The van der Waals surface area contributed by atoms with Gasteiger partial charge in [-0.2, -0.15) is 18.3 Å². The van der Waals surface area contributed by atoms with E-state index >= 15 is 0 Å². The van der Waals surface area contributed by atoms with E-state index in [1.807, 2.05) is 0 Å². The number of nitrogens with one attached hydrogen (secondary N) is 1. The van der Waals surface area contributed by atoms with Gasteiger partial charge in [0.2, 0.25) is 0 Å². The summed E-state index contributed by atoms with van der Waals surface area (Å²) in [5.74, 6) is 0.0658. The first-order valence-electron chi connectivity index (χ1n) is 5.81. The van der Waals surface area contributed by atoms with Crippen LogP contribution in [0.4, 0.5) is 18.9 Å². The summed E-state index contributed by atoms with van der Waals surface area (Å²) in [6, 6.07) is 9.17. The summed E-state index contributed by atoms with van der Waals surface area (Å²) in [5, 5.41) is 13.2. The van der Waals surface area contributed by atoms with Gasteiger partial charge in [0.05, 0.1) is 22.5 Å². The Kier molecular flexibility index (Phi) is 4.37. The van der Waals surface area contributed by atoms with Gasteiger partial charge in [0.1, 0.15) is 5.75 Å². The summed E-state index contributed by atoms with van der Waals surface area (Å²) in [4.78, 5) is 0. The normalized spacial score (nSPS) is 11.8. The summed E-state index contributed by atoms with van der Waals surface area (Å²) < 4.78 is 37.8. The summed E-state index contributed by atoms with van der Waals surface area (Å²) in [6.07, 6.45) is -3.09. The zero-order chi connectivity index (χ0) is 15.5. The topological polar surface area (TPSA) is 44.6 Å². The van der Waals surface area contributed by atoms with Gasteiger partial charge in [-0.1, -0.05) is 23.7 Å². The fourth-order valence-electron chi connectivity index (χ4n) is 1.57. The van der Waals surface area contributed by atoms with Crippen LogP contribution in [0.15, 0.2) is 47.6 Å². The molecule has 0 saturated carbocycles. The number of benzene rings is 2. The maximum absolute atomic E-state index is 12.6. The highest BCUT2D eigenvalue weighted by atomic mass is 35.5. The van der Waals surface area contributed by atoms with E-state index in [0.29, 0.717) is 5.56 Å². The van der Waals surface area contributed by atoms with Gasteiger partial charge in [-0.05, 0) is 35.9 Å². The highest BCUT2D eigenvalue weighted by Crippen LogP contribution is 2.33. The second-order valence-corrected chi connectivity index (χ2v) is 4.56. The van der Waals surface area contributed by atoms with Crippen molar-refractivity contribution >= 4 is 23.5 Å². The molecular weight excluding hydrogens is 305 g/mol. The molecule has 2 N–H and O–H groups in total. The molecule has 0 fully saturated rings. The van der Waals surface area contributed by atoms with E-state index in [2.05, 4.69) is 10.5 Å². The van der Waals surface area contributed by atoms with Gasteiger partial charge in [-0.25, -0.2) is 0 Å². The van der Waals surface area contributed by atoms with Crippen molar-refractivity contribution in [3.05, 3.63) is 58.6 Å². The van der Waals surface area contributed by atoms with Crippen LogP contribution in [0.3, 0.4) is 0 Å². The molecular formula is C14H10ClF3N2O. The molecule has 3 nitrogen and oxygen atoms in total. The zero-order valence-corrected chi connectivity index (χ0v) is 11.3. The maximum atomic E-state index is 12.6. The van der Waals surface area contributed by atoms with E-state index in [4.69, 9.17) is 11.6 Å². The number of phenolic OH excluding ortho intramolecular Hbond substituents is 1. The van der Waals surface area contributed by atoms with Crippen molar-refractivity contribution in [2.45, 2.75) is 6.18 Å². The van der Waals surface area contributed by atoms with Crippen LogP contribution in [0, 0.1) is 0 Å². The van der Waals surface area contributed by atoms with Crippen LogP contribution < -0.4 is 5.43 Å². The van der Waals surface area contributed by atoms with E-state index in [-0.39, 0.29) is 16.5 Å². The first-order valence-corrected chi connectivity index (χ1v) is 6.19. The fraction of sp³-hybridized carbons (Fsp3) is 0.0714. The first kappa shape index (κ1) is 15.2. The smallest absolute Gasteiger partial charge is 0.416 e. The van der Waals surface area contributed by atoms with Crippen LogP contribution in [0.5, 0.6) is 5.75 Å². The molecule has 0 bridgehead atoms. The molecule has 0 radical (unpaired) electrons. The minimum absolute atomic E-state index is 0.0443. The highest BCUT2D eigenvalue weighted by molar-refractivity contribution is 6.33. The standard InChI is InChI=1S/C14H10ClF3N2O/c15-12-5-4-10(14(16,17)18)7-13(12)20-19-8-9-2-1-3-11(21)6-9/h1-8,20-21H. The van der Waals surface area contributed by atoms with E-state index in [0.717, 1.165) is 18.2 Å². The fourth-order valence-corrected chi connectivity index (χ4v) is 1.73. The Morgan fingerprint density at radius 3 is 2.57 bits per heavy atom. The monoisotopic (exact) mass is 314 g/mol. The van der Waals surface area contributed by atoms with Gasteiger partial charge >= 0.3 is 6.18 Å². The number of hydrogen-bond donors (Lipinski definition) is 2. The van der Waals surface area contributed by atoms with E-state index in [1.165, 1.54) is 18.3 Å². The first-order chi connectivity index (χ1) is 9.86. The predicted molar refractivity (Wildman–Crippen MR) is 75.8 cm³/mol. The van der Waals surface area contributed by atoms with Crippen molar-refractivity contribution in [3.63, 3.8) is 0 Å². The molecule has 0 amide bonds. The molecule has 0 aromatic heterocycles. The number of nitrogens with zero attached hydrogens (tertiary/aromatic N) is 1. The molecule has 0 atom stereocenters. The van der Waals surface area contributed by atoms with Gasteiger partial charge in [-0.15, -0.1) is 0 Å². The summed E-state index contributed by atoms with van der Waals surface area (Å²) in [7, 11) is 0. The lowest BCUT2D eigenvalue weighted by molar-refractivity contribution is -0.137. The molecule has 0 aliphatic rings. The van der Waals surface area contributed by atoms with Gasteiger partial charge in [0.25, 0.3) is 0 Å². The highest BCUT2D eigenvalue weighted by Gasteiger charge is 2.30. The van der Waals surface area contributed by atoms with E-state index < -0.39 is 11.7 Å². The van der Waals surface area contributed by atoms with Crippen LogP contribution in [0.1, 0.15) is 11.1 Å². The average Bonchev–Trinajstić information content (AvgIpc) is 2.39. The molecule has 2 aromatic rings. The van der Waals surface area contributed by atoms with Crippen LogP contribution in [0.2, 0.25) is 5.02 Å². The molecule has 0 spiro atoms. The SMILES string of the molecule is Oc1cccc(C=NNc2cc(C(F)(F)F)ccc2Cl)c1. The Hall–Kier alpha value is -2.21. The molecule has 2 rings (SSSR count). The molecule has 2 aromatic carbocycles. The molecule has 0 unspecified atom stereocenters. The Bertz CT molecular complexity index is 672. The number of phenols is 1. The number of alkyl halides is 3. The summed E-state index contributed by atoms with van der Waals surface area (Å²) in [6.45, 7) is 0. The van der Waals surface area contributed by atoms with Crippen molar-refractivity contribution < 1.29 is 18.3 Å². The molecule has 7 heteroatoms. The van der Waals surface area contributed by atoms with Crippen LogP contribution in [0.25, 0.3) is 0 Å². The van der Waals surface area contributed by atoms with Crippen molar-refractivity contribution in [2.75, 3.05) is 5.43 Å². The van der Waals surface area contributed by atoms with Crippen LogP contribution >= 0.6 is 11.6 Å². The molecule has 0 heterocycles. The number of rotatable bonds is 3. The third-order valence-electron chi connectivity index (χ3n) is 2.56. The van der Waals surface area contributed by atoms with Crippen molar-refractivity contribution in [1.82, 2.24) is 0 Å². The van der Waals surface area contributed by atoms with Crippen LogP contribution in [-0.2, 0) is 6.18 Å². The lowest BCUT2D eigenvalue weighted by Gasteiger charge is -2.09. The second-order valence-electron chi connectivity index (χ2n) is 4.16. The zero-order valence-electron chi connectivity index (χ0n) is 10.5. The maximum Gasteiger partial charge on any atom is 0.416 e. The molecule has 0 aliphatic heterocycles. The van der Waals surface area contributed by atoms with E-state index in [9.17, 15) is 18.3 Å². The van der Waals surface area contributed by atoms with Gasteiger partial charge in [-0.3, -0.25) is 5.43 Å². The Morgan fingerprint density at radius 1 is 1.14 bits per heavy atom. The minimum Gasteiger partial charge on any atom is -0.508 e. The van der Waals surface area contributed by atoms with Crippen molar-refractivity contribution in [1.29, 1.82) is 0 Å². The number of halogens is 4. The van der Waals surface area contributed by atoms with Gasteiger partial charge < -0.3 is 5.11 Å². The number of aromatic hydroxyl groups is 1. The lowest BCUT2D eigenvalue weighted by atomic mass is 10.2. The van der Waals surface area contributed by atoms with Gasteiger partial charge in [0.15, 0.2) is 0 Å². The summed E-state index contributed by atoms with van der Waals surface area (Å²) >= 11 is 5.81. The Balaban J connectivity index is 2.16. The third-order valence-corrected chi connectivity index (χ3v) is 2.89. The Morgan fingerprint density at radius 2 is 1.90 bits per heavy atom. The quantitative estimate of drug-likeness (QED) is 0.646. The van der Waals surface area contributed by atoms with Crippen molar-refractivity contribution in [3.8, 4) is 5.75 Å². The average molecular weight is 315 g/mol.